The molecule has 1 aliphatic heterocycles. The molecule has 18 heavy (non-hydrogen) atoms. The van der Waals surface area contributed by atoms with Gasteiger partial charge in [-0.05, 0) is 24.7 Å². The third-order valence-corrected chi connectivity index (χ3v) is 3.83. The highest BCUT2D eigenvalue weighted by molar-refractivity contribution is 6.42. The molecule has 1 aromatic rings. The minimum atomic E-state index is -0.151. The minimum absolute atomic E-state index is 0.0528. The first-order valence-electron chi connectivity index (χ1n) is 5.94. The Morgan fingerprint density at radius 2 is 2.17 bits per heavy atom. The lowest BCUT2D eigenvalue weighted by molar-refractivity contribution is 0.0892. The summed E-state index contributed by atoms with van der Waals surface area (Å²) < 4.78 is 5.38. The smallest absolute Gasteiger partial charge is 0.169 e. The zero-order valence-electron chi connectivity index (χ0n) is 10.1. The third kappa shape index (κ3) is 2.86. The highest BCUT2D eigenvalue weighted by Gasteiger charge is 2.33. The maximum Gasteiger partial charge on any atom is 0.169 e. The van der Waals surface area contributed by atoms with Crippen molar-refractivity contribution >= 4 is 29.0 Å². The Balaban J connectivity index is 2.17. The molecule has 0 bridgehead atoms. The molecule has 3 nitrogen and oxygen atoms in total. The van der Waals surface area contributed by atoms with E-state index in [4.69, 9.17) is 27.9 Å². The first-order valence-corrected chi connectivity index (χ1v) is 6.69. The van der Waals surface area contributed by atoms with Crippen LogP contribution in [0.1, 0.15) is 17.3 Å². The predicted octanol–water partition coefficient (Wildman–Crippen LogP) is 2.80. The Labute approximate surface area is 116 Å². The van der Waals surface area contributed by atoms with Gasteiger partial charge in [0, 0.05) is 11.6 Å². The monoisotopic (exact) mass is 287 g/mol. The normalized spacial score (nSPS) is 23.3. The lowest BCUT2D eigenvalue weighted by atomic mass is 9.93. The van der Waals surface area contributed by atoms with Crippen LogP contribution in [0, 0.1) is 5.92 Å². The molecule has 2 unspecified atom stereocenters. The highest BCUT2D eigenvalue weighted by atomic mass is 35.5. The molecular weight excluding hydrogens is 273 g/mol. The van der Waals surface area contributed by atoms with Crippen molar-refractivity contribution in [1.82, 2.24) is 5.32 Å². The highest BCUT2D eigenvalue weighted by Crippen LogP contribution is 2.26. The number of carbonyl (C=O) groups excluding carboxylic acids is 1. The molecule has 0 aromatic heterocycles. The van der Waals surface area contributed by atoms with E-state index in [1.54, 1.807) is 18.2 Å². The molecular formula is C13H15Cl2NO2. The zero-order valence-corrected chi connectivity index (χ0v) is 11.6. The van der Waals surface area contributed by atoms with Gasteiger partial charge in [-0.25, -0.2) is 0 Å². The summed E-state index contributed by atoms with van der Waals surface area (Å²) in [5.41, 5.74) is 0.586. The summed E-state index contributed by atoms with van der Waals surface area (Å²) >= 11 is 11.8. The summed E-state index contributed by atoms with van der Waals surface area (Å²) in [6.45, 7) is 3.86. The standard InChI is InChI=1S/C13H15Cl2NO2/c1-2-16-12-7-18-6-9(12)13(17)8-3-4-10(14)11(15)5-8/h3-5,9,12,16H,2,6-7H2,1H3. The largest absolute Gasteiger partial charge is 0.379 e. The van der Waals surface area contributed by atoms with E-state index in [1.807, 2.05) is 6.92 Å². The number of carbonyl (C=O) groups is 1. The van der Waals surface area contributed by atoms with Crippen molar-refractivity contribution in [3.8, 4) is 0 Å². The number of Topliss-reactive ketones (excluding diaryl/α,β-unsaturated/α-hetero) is 1. The van der Waals surface area contributed by atoms with E-state index in [0.717, 1.165) is 6.54 Å². The van der Waals surface area contributed by atoms with Gasteiger partial charge in [0.15, 0.2) is 5.78 Å². The average Bonchev–Trinajstić information content (AvgIpc) is 2.80. The van der Waals surface area contributed by atoms with Gasteiger partial charge in [-0.1, -0.05) is 30.1 Å². The fraction of sp³-hybridized carbons (Fsp3) is 0.462. The third-order valence-electron chi connectivity index (χ3n) is 3.09. The van der Waals surface area contributed by atoms with Crippen LogP contribution >= 0.6 is 23.2 Å². The summed E-state index contributed by atoms with van der Waals surface area (Å²) in [5.74, 6) is -0.0980. The summed E-state index contributed by atoms with van der Waals surface area (Å²) in [4.78, 5) is 12.4. The van der Waals surface area contributed by atoms with Gasteiger partial charge >= 0.3 is 0 Å². The SMILES string of the molecule is CCNC1COCC1C(=O)c1ccc(Cl)c(Cl)c1. The van der Waals surface area contributed by atoms with E-state index in [-0.39, 0.29) is 17.7 Å². The van der Waals surface area contributed by atoms with Crippen LogP contribution in [0.25, 0.3) is 0 Å². The number of halogens is 2. The first kappa shape index (κ1) is 13.8. The van der Waals surface area contributed by atoms with Gasteiger partial charge in [-0.3, -0.25) is 4.79 Å². The number of ether oxygens (including phenoxy) is 1. The molecule has 1 fully saturated rings. The fourth-order valence-electron chi connectivity index (χ4n) is 2.14. The Bertz CT molecular complexity index is 451. The fourth-order valence-corrected chi connectivity index (χ4v) is 2.44. The second kappa shape index (κ2) is 6.02. The summed E-state index contributed by atoms with van der Waals surface area (Å²) in [7, 11) is 0. The van der Waals surface area contributed by atoms with E-state index < -0.39 is 0 Å². The maximum atomic E-state index is 12.4. The Morgan fingerprint density at radius 3 is 2.83 bits per heavy atom. The molecule has 1 aliphatic rings. The second-order valence-electron chi connectivity index (χ2n) is 4.30. The van der Waals surface area contributed by atoms with Gasteiger partial charge in [0.25, 0.3) is 0 Å². The number of hydrogen-bond donors (Lipinski definition) is 1. The molecule has 5 heteroatoms. The molecule has 1 N–H and O–H groups in total. The molecule has 2 atom stereocenters. The molecule has 0 amide bonds. The van der Waals surface area contributed by atoms with E-state index in [9.17, 15) is 4.79 Å². The van der Waals surface area contributed by atoms with Gasteiger partial charge in [0.1, 0.15) is 0 Å². The van der Waals surface area contributed by atoms with Gasteiger partial charge < -0.3 is 10.1 Å². The number of hydrogen-bond acceptors (Lipinski definition) is 3. The van der Waals surface area contributed by atoms with Crippen LogP contribution in [0.15, 0.2) is 18.2 Å². The molecule has 0 radical (unpaired) electrons. The van der Waals surface area contributed by atoms with Crippen LogP contribution in [-0.4, -0.2) is 31.6 Å². The van der Waals surface area contributed by atoms with Gasteiger partial charge in [-0.15, -0.1) is 0 Å². The minimum Gasteiger partial charge on any atom is -0.379 e. The average molecular weight is 288 g/mol. The Morgan fingerprint density at radius 1 is 1.39 bits per heavy atom. The molecule has 0 saturated carbocycles. The summed E-state index contributed by atoms with van der Waals surface area (Å²) in [6.07, 6.45) is 0. The van der Waals surface area contributed by atoms with Crippen molar-refractivity contribution in [2.45, 2.75) is 13.0 Å². The zero-order chi connectivity index (χ0) is 13.1. The summed E-state index contributed by atoms with van der Waals surface area (Å²) in [5, 5.41) is 4.13. The number of ketones is 1. The van der Waals surface area contributed by atoms with Crippen molar-refractivity contribution in [2.24, 2.45) is 5.92 Å². The molecule has 0 spiro atoms. The number of likely N-dealkylation sites (N-methyl/N-ethyl adjacent to an activating group) is 1. The van der Waals surface area contributed by atoms with Crippen molar-refractivity contribution in [1.29, 1.82) is 0 Å². The van der Waals surface area contributed by atoms with Crippen molar-refractivity contribution < 1.29 is 9.53 Å². The van der Waals surface area contributed by atoms with Crippen molar-refractivity contribution in [3.63, 3.8) is 0 Å². The topological polar surface area (TPSA) is 38.3 Å². The molecule has 98 valence electrons. The first-order chi connectivity index (χ1) is 8.63. The van der Waals surface area contributed by atoms with Gasteiger partial charge in [0.05, 0.1) is 29.2 Å². The number of rotatable bonds is 4. The van der Waals surface area contributed by atoms with E-state index in [0.29, 0.717) is 28.8 Å². The molecule has 1 heterocycles. The molecule has 1 saturated heterocycles. The van der Waals surface area contributed by atoms with Crippen LogP contribution in [-0.2, 0) is 4.74 Å². The number of benzene rings is 1. The summed E-state index contributed by atoms with van der Waals surface area (Å²) in [6, 6.07) is 5.05. The van der Waals surface area contributed by atoms with Crippen LogP contribution < -0.4 is 5.32 Å². The van der Waals surface area contributed by atoms with Crippen molar-refractivity contribution in [3.05, 3.63) is 33.8 Å². The second-order valence-corrected chi connectivity index (χ2v) is 5.12. The van der Waals surface area contributed by atoms with Gasteiger partial charge in [0.2, 0.25) is 0 Å². The predicted molar refractivity (Wildman–Crippen MR) is 72.6 cm³/mol. The molecule has 1 aromatic carbocycles. The quantitative estimate of drug-likeness (QED) is 0.866. The lowest BCUT2D eigenvalue weighted by Gasteiger charge is -2.17. The van der Waals surface area contributed by atoms with Crippen molar-refractivity contribution in [2.75, 3.05) is 19.8 Å². The van der Waals surface area contributed by atoms with Crippen LogP contribution in [0.5, 0.6) is 0 Å². The van der Waals surface area contributed by atoms with Gasteiger partial charge in [-0.2, -0.15) is 0 Å². The van der Waals surface area contributed by atoms with Crippen LogP contribution in [0.2, 0.25) is 10.0 Å². The van der Waals surface area contributed by atoms with E-state index in [1.165, 1.54) is 0 Å². The van der Waals surface area contributed by atoms with E-state index in [2.05, 4.69) is 5.32 Å². The molecule has 0 aliphatic carbocycles. The molecule has 2 rings (SSSR count). The number of nitrogens with one attached hydrogen (secondary N) is 1. The van der Waals surface area contributed by atoms with Crippen LogP contribution in [0.3, 0.4) is 0 Å². The van der Waals surface area contributed by atoms with E-state index >= 15 is 0 Å². The maximum absolute atomic E-state index is 12.4. The Hall–Kier alpha value is -0.610. The van der Waals surface area contributed by atoms with Crippen LogP contribution in [0.4, 0.5) is 0 Å². The Kier molecular flexibility index (Phi) is 4.62. The lowest BCUT2D eigenvalue weighted by Crippen LogP contribution is -2.39.